The minimum absolute atomic E-state index is 0.0238. The zero-order chi connectivity index (χ0) is 25.2. The van der Waals surface area contributed by atoms with Gasteiger partial charge in [-0.25, -0.2) is 9.37 Å². The highest BCUT2D eigenvalue weighted by molar-refractivity contribution is 5.94. The van der Waals surface area contributed by atoms with E-state index in [9.17, 15) is 14.9 Å². The van der Waals surface area contributed by atoms with Crippen LogP contribution < -0.4 is 20.9 Å². The first-order valence-electron chi connectivity index (χ1n) is 12.0. The van der Waals surface area contributed by atoms with E-state index in [1.54, 1.807) is 34.9 Å². The molecule has 2 aliphatic heterocycles. The predicted octanol–water partition coefficient (Wildman–Crippen LogP) is 2.11. The molecule has 1 fully saturated rings. The summed E-state index contributed by atoms with van der Waals surface area (Å²) in [6.07, 6.45) is -0.454. The van der Waals surface area contributed by atoms with Crippen LogP contribution in [-0.4, -0.2) is 58.8 Å². The van der Waals surface area contributed by atoms with E-state index in [2.05, 4.69) is 21.7 Å². The number of nitrogens with zero attached hydrogens (tertiary/aromatic N) is 4. The number of rotatable bonds is 6. The van der Waals surface area contributed by atoms with Gasteiger partial charge in [-0.15, -0.1) is 0 Å². The number of hydrogen-bond donors (Lipinski definition) is 2. The van der Waals surface area contributed by atoms with Crippen LogP contribution in [0.25, 0.3) is 10.9 Å². The standard InChI is InChI=1S/C26H27FN6O3/c1-16-10-25(35)33(22-11-17(12-28)2-4-19(16)22)9-8-32-7-6-21(20(27)14-32)29-13-18-3-5-23-26(30-18)31-24(34)15-36-23/h2-5,10-11,20-21,29H,6-9,13-15H2,1H3,(H,30,31,34)/t20-,21+/m0/s1. The van der Waals surface area contributed by atoms with Crippen LogP contribution in [0, 0.1) is 18.3 Å². The molecule has 1 saturated heterocycles. The Bertz CT molecular complexity index is 1420. The summed E-state index contributed by atoms with van der Waals surface area (Å²) < 4.78 is 22.0. The summed E-state index contributed by atoms with van der Waals surface area (Å²) in [7, 11) is 0. The van der Waals surface area contributed by atoms with E-state index < -0.39 is 6.17 Å². The molecule has 2 N–H and O–H groups in total. The SMILES string of the molecule is Cc1cc(=O)n(CCN2CC[C@@H](NCc3ccc4c(n3)NC(=O)CO4)[C@@H](F)C2)c2cc(C#N)ccc12. The number of anilines is 1. The number of benzene rings is 1. The van der Waals surface area contributed by atoms with E-state index in [1.165, 1.54) is 0 Å². The van der Waals surface area contributed by atoms with Crippen molar-refractivity contribution in [2.45, 2.75) is 38.6 Å². The number of amides is 1. The fourth-order valence-electron chi connectivity index (χ4n) is 4.83. The molecular weight excluding hydrogens is 463 g/mol. The van der Waals surface area contributed by atoms with E-state index in [1.807, 2.05) is 17.9 Å². The van der Waals surface area contributed by atoms with E-state index in [0.29, 0.717) is 55.4 Å². The van der Waals surface area contributed by atoms with Gasteiger partial charge in [0.15, 0.2) is 18.2 Å². The molecule has 36 heavy (non-hydrogen) atoms. The third kappa shape index (κ3) is 4.94. The van der Waals surface area contributed by atoms with Gasteiger partial charge in [-0.2, -0.15) is 5.26 Å². The average molecular weight is 491 g/mol. The number of fused-ring (bicyclic) bond motifs is 2. The molecule has 1 aromatic carbocycles. The highest BCUT2D eigenvalue weighted by atomic mass is 19.1. The van der Waals surface area contributed by atoms with Crippen molar-refractivity contribution in [1.82, 2.24) is 19.8 Å². The Morgan fingerprint density at radius 2 is 2.11 bits per heavy atom. The van der Waals surface area contributed by atoms with Crippen LogP contribution in [0.15, 0.2) is 41.2 Å². The largest absolute Gasteiger partial charge is 0.480 e. The summed E-state index contributed by atoms with van der Waals surface area (Å²) in [5, 5.41) is 16.1. The van der Waals surface area contributed by atoms with Crippen LogP contribution in [0.4, 0.5) is 10.2 Å². The molecule has 0 spiro atoms. The molecule has 0 bridgehead atoms. The smallest absolute Gasteiger partial charge is 0.263 e. The van der Waals surface area contributed by atoms with Crippen molar-refractivity contribution in [3.8, 4) is 11.8 Å². The van der Waals surface area contributed by atoms with Crippen molar-refractivity contribution in [3.63, 3.8) is 0 Å². The number of nitriles is 1. The third-order valence-corrected chi connectivity index (χ3v) is 6.79. The Morgan fingerprint density at radius 1 is 1.25 bits per heavy atom. The third-order valence-electron chi connectivity index (χ3n) is 6.79. The molecule has 0 saturated carbocycles. The topological polar surface area (TPSA) is 112 Å². The zero-order valence-electron chi connectivity index (χ0n) is 20.0. The Morgan fingerprint density at radius 3 is 2.92 bits per heavy atom. The summed E-state index contributed by atoms with van der Waals surface area (Å²) >= 11 is 0. The summed E-state index contributed by atoms with van der Waals surface area (Å²) in [5.41, 5.74) is 2.67. The molecule has 5 rings (SSSR count). The van der Waals surface area contributed by atoms with E-state index >= 15 is 4.39 Å². The number of halogens is 1. The maximum Gasteiger partial charge on any atom is 0.263 e. The Balaban J connectivity index is 1.19. The highest BCUT2D eigenvalue weighted by Gasteiger charge is 2.29. The molecule has 4 heterocycles. The van der Waals surface area contributed by atoms with Crippen molar-refractivity contribution in [3.05, 3.63) is 63.6 Å². The van der Waals surface area contributed by atoms with E-state index in [0.717, 1.165) is 16.5 Å². The lowest BCUT2D eigenvalue weighted by atomic mass is 10.0. The number of nitrogens with one attached hydrogen (secondary N) is 2. The first-order chi connectivity index (χ1) is 17.4. The predicted molar refractivity (Wildman–Crippen MR) is 133 cm³/mol. The number of likely N-dealkylation sites (tertiary alicyclic amines) is 1. The van der Waals surface area contributed by atoms with Gasteiger partial charge >= 0.3 is 0 Å². The van der Waals surface area contributed by atoms with Crippen molar-refractivity contribution in [2.75, 3.05) is 31.6 Å². The van der Waals surface area contributed by atoms with Gasteiger partial charge in [0.2, 0.25) is 0 Å². The molecule has 3 aromatic rings. The normalized spacial score (nSPS) is 19.9. The number of ether oxygens (including phenoxy) is 1. The number of hydrogen-bond acceptors (Lipinski definition) is 7. The maximum absolute atomic E-state index is 15.0. The number of pyridine rings is 2. The van der Waals surface area contributed by atoms with Gasteiger partial charge in [0.05, 0.1) is 22.8 Å². The molecule has 2 aromatic heterocycles. The molecule has 2 aliphatic rings. The van der Waals surface area contributed by atoms with Crippen molar-refractivity contribution < 1.29 is 13.9 Å². The lowest BCUT2D eigenvalue weighted by molar-refractivity contribution is -0.118. The van der Waals surface area contributed by atoms with Crippen molar-refractivity contribution >= 4 is 22.6 Å². The molecule has 1 amide bonds. The number of aromatic nitrogens is 2. The number of piperidine rings is 1. The summed E-state index contributed by atoms with van der Waals surface area (Å²) in [5.74, 6) is 0.667. The first kappa shape index (κ1) is 23.9. The van der Waals surface area contributed by atoms with Crippen LogP contribution in [0.5, 0.6) is 5.75 Å². The highest BCUT2D eigenvalue weighted by Crippen LogP contribution is 2.25. The van der Waals surface area contributed by atoms with Crippen LogP contribution >= 0.6 is 0 Å². The van der Waals surface area contributed by atoms with Crippen LogP contribution in [-0.2, 0) is 17.9 Å². The van der Waals surface area contributed by atoms with Crippen molar-refractivity contribution in [1.29, 1.82) is 5.26 Å². The monoisotopic (exact) mass is 490 g/mol. The van der Waals surface area contributed by atoms with Gasteiger partial charge in [-0.1, -0.05) is 6.07 Å². The van der Waals surface area contributed by atoms with Gasteiger partial charge in [0.1, 0.15) is 6.17 Å². The molecular formula is C26H27FN6O3. The Hall–Kier alpha value is -3.81. The summed E-state index contributed by atoms with van der Waals surface area (Å²) in [4.78, 5) is 30.6. The molecule has 2 atom stereocenters. The second-order valence-electron chi connectivity index (χ2n) is 9.24. The fraction of sp³-hybridized carbons (Fsp3) is 0.385. The summed E-state index contributed by atoms with van der Waals surface area (Å²) in [6.45, 7) is 4.15. The van der Waals surface area contributed by atoms with Crippen molar-refractivity contribution in [2.24, 2.45) is 0 Å². The summed E-state index contributed by atoms with van der Waals surface area (Å²) in [6, 6.07) is 12.3. The minimum atomic E-state index is -1.07. The molecule has 0 unspecified atom stereocenters. The number of carbonyl (C=O) groups excluding carboxylic acids is 1. The molecule has 186 valence electrons. The molecule has 0 aliphatic carbocycles. The second-order valence-corrected chi connectivity index (χ2v) is 9.24. The molecule has 0 radical (unpaired) electrons. The minimum Gasteiger partial charge on any atom is -0.480 e. The fourth-order valence-corrected chi connectivity index (χ4v) is 4.83. The number of alkyl halides is 1. The van der Waals surface area contributed by atoms with Gasteiger partial charge in [-0.3, -0.25) is 14.5 Å². The Kier molecular flexibility index (Phi) is 6.67. The number of carbonyl (C=O) groups is 1. The van der Waals surface area contributed by atoms with Gasteiger partial charge in [0.25, 0.3) is 11.5 Å². The van der Waals surface area contributed by atoms with E-state index in [4.69, 9.17) is 4.74 Å². The lowest BCUT2D eigenvalue weighted by Gasteiger charge is -2.35. The van der Waals surface area contributed by atoms with Gasteiger partial charge in [-0.05, 0) is 49.7 Å². The Labute approximate surface area is 207 Å². The maximum atomic E-state index is 15.0. The van der Waals surface area contributed by atoms with Crippen LogP contribution in [0.2, 0.25) is 0 Å². The average Bonchev–Trinajstić information content (AvgIpc) is 2.87. The van der Waals surface area contributed by atoms with Crippen LogP contribution in [0.3, 0.4) is 0 Å². The quantitative estimate of drug-likeness (QED) is 0.544. The molecule has 10 heteroatoms. The second kappa shape index (κ2) is 10.0. The number of aryl methyl sites for hydroxylation is 1. The molecule has 9 nitrogen and oxygen atoms in total. The first-order valence-corrected chi connectivity index (χ1v) is 12.0. The lowest BCUT2D eigenvalue weighted by Crippen LogP contribution is -2.51. The van der Waals surface area contributed by atoms with Gasteiger partial charge in [0, 0.05) is 43.7 Å². The van der Waals surface area contributed by atoms with Crippen LogP contribution in [0.1, 0.15) is 23.2 Å². The van der Waals surface area contributed by atoms with Gasteiger partial charge < -0.3 is 19.9 Å². The van der Waals surface area contributed by atoms with E-state index in [-0.39, 0.29) is 30.7 Å². The zero-order valence-corrected chi connectivity index (χ0v) is 20.0.